The maximum absolute atomic E-state index is 12.2. The molecule has 26 heavy (non-hydrogen) atoms. The van der Waals surface area contributed by atoms with Crippen LogP contribution >= 0.6 is 11.3 Å². The molecule has 1 aliphatic heterocycles. The minimum Gasteiger partial charge on any atom is -0.351 e. The molecule has 138 valence electrons. The zero-order chi connectivity index (χ0) is 18.4. The highest BCUT2D eigenvalue weighted by atomic mass is 32.1. The van der Waals surface area contributed by atoms with Crippen LogP contribution in [0, 0.1) is 6.92 Å². The Kier molecular flexibility index (Phi) is 6.30. The smallest absolute Gasteiger partial charge is 0.286 e. The Bertz CT molecular complexity index is 753. The van der Waals surface area contributed by atoms with E-state index in [9.17, 15) is 9.59 Å². The molecule has 8 heteroatoms. The number of rotatable bonds is 6. The Morgan fingerprint density at radius 2 is 1.81 bits per heavy atom. The first-order chi connectivity index (χ1) is 12.6. The van der Waals surface area contributed by atoms with Gasteiger partial charge in [0, 0.05) is 24.3 Å². The van der Waals surface area contributed by atoms with Crippen LogP contribution in [-0.4, -0.2) is 53.1 Å². The van der Waals surface area contributed by atoms with Crippen LogP contribution in [0.4, 0.5) is 5.69 Å². The summed E-state index contributed by atoms with van der Waals surface area (Å²) in [7, 11) is 0. The molecule has 0 saturated carbocycles. The van der Waals surface area contributed by atoms with Crippen LogP contribution in [-0.2, 0) is 0 Å². The predicted octanol–water partition coefficient (Wildman–Crippen LogP) is 2.31. The van der Waals surface area contributed by atoms with Crippen LogP contribution in [0.2, 0.25) is 0 Å². The van der Waals surface area contributed by atoms with Crippen molar-refractivity contribution in [1.29, 1.82) is 0 Å². The highest BCUT2D eigenvalue weighted by molar-refractivity contribution is 7.13. The van der Waals surface area contributed by atoms with Crippen molar-refractivity contribution in [2.45, 2.75) is 26.2 Å². The van der Waals surface area contributed by atoms with Gasteiger partial charge in [0.15, 0.2) is 0 Å². The lowest BCUT2D eigenvalue weighted by molar-refractivity contribution is 0.0946. The summed E-state index contributed by atoms with van der Waals surface area (Å²) in [5.74, 6) is -0.394. The zero-order valence-electron chi connectivity index (χ0n) is 14.8. The van der Waals surface area contributed by atoms with Crippen LogP contribution in [0.5, 0.6) is 0 Å². The predicted molar refractivity (Wildman–Crippen MR) is 102 cm³/mol. The van der Waals surface area contributed by atoms with E-state index in [0.29, 0.717) is 22.8 Å². The lowest BCUT2D eigenvalue weighted by Gasteiger charge is -2.26. The van der Waals surface area contributed by atoms with E-state index < -0.39 is 0 Å². The summed E-state index contributed by atoms with van der Waals surface area (Å²) >= 11 is 1.24. The summed E-state index contributed by atoms with van der Waals surface area (Å²) in [6, 6.07) is 6.84. The number of hydrogen-bond acceptors (Lipinski definition) is 6. The van der Waals surface area contributed by atoms with Crippen LogP contribution in [0.1, 0.15) is 44.4 Å². The number of benzene rings is 1. The summed E-state index contributed by atoms with van der Waals surface area (Å²) in [5, 5.41) is 14.4. The number of carbonyl (C=O) groups is 2. The van der Waals surface area contributed by atoms with Gasteiger partial charge in [0.1, 0.15) is 5.01 Å². The highest BCUT2D eigenvalue weighted by Crippen LogP contribution is 2.14. The molecule has 1 aliphatic rings. The van der Waals surface area contributed by atoms with Crippen molar-refractivity contribution in [3.05, 3.63) is 39.8 Å². The minimum absolute atomic E-state index is 0.0976. The monoisotopic (exact) mass is 373 g/mol. The molecule has 1 aromatic heterocycles. The first-order valence-electron chi connectivity index (χ1n) is 8.84. The van der Waals surface area contributed by atoms with Gasteiger partial charge in [-0.15, -0.1) is 10.2 Å². The number of aryl methyl sites for hydroxylation is 1. The van der Waals surface area contributed by atoms with Gasteiger partial charge in [-0.05, 0) is 57.1 Å². The molecule has 0 atom stereocenters. The van der Waals surface area contributed by atoms with Gasteiger partial charge in [-0.1, -0.05) is 17.8 Å². The van der Waals surface area contributed by atoms with Gasteiger partial charge in [0.05, 0.1) is 0 Å². The maximum atomic E-state index is 12.2. The van der Waals surface area contributed by atoms with Crippen molar-refractivity contribution in [2.24, 2.45) is 0 Å². The summed E-state index contributed by atoms with van der Waals surface area (Å²) < 4.78 is 0. The largest absolute Gasteiger partial charge is 0.351 e. The molecule has 0 spiro atoms. The molecular formula is C18H23N5O2S. The molecule has 0 radical (unpaired) electrons. The van der Waals surface area contributed by atoms with Gasteiger partial charge < -0.3 is 15.5 Å². The van der Waals surface area contributed by atoms with Crippen molar-refractivity contribution in [3.8, 4) is 0 Å². The fraction of sp³-hybridized carbons (Fsp3) is 0.444. The molecule has 1 fully saturated rings. The van der Waals surface area contributed by atoms with Gasteiger partial charge in [0.2, 0.25) is 5.01 Å². The van der Waals surface area contributed by atoms with E-state index in [1.165, 1.54) is 30.6 Å². The van der Waals surface area contributed by atoms with Crippen LogP contribution in [0.3, 0.4) is 0 Å². The highest BCUT2D eigenvalue weighted by Gasteiger charge is 2.13. The number of piperidine rings is 1. The van der Waals surface area contributed by atoms with Crippen molar-refractivity contribution < 1.29 is 9.59 Å². The third kappa shape index (κ3) is 5.09. The van der Waals surface area contributed by atoms with Crippen LogP contribution in [0.25, 0.3) is 0 Å². The molecule has 1 aromatic carbocycles. The molecule has 2 amide bonds. The van der Waals surface area contributed by atoms with Gasteiger partial charge >= 0.3 is 0 Å². The SMILES string of the molecule is Cc1nnc(C(=O)Nc2ccc(C(=O)NCCN3CCCCC3)cc2)s1. The second-order valence-corrected chi connectivity index (χ2v) is 7.50. The molecular weight excluding hydrogens is 350 g/mol. The van der Waals surface area contributed by atoms with Gasteiger partial charge in [-0.25, -0.2) is 0 Å². The molecule has 2 N–H and O–H groups in total. The van der Waals surface area contributed by atoms with Crippen molar-refractivity contribution in [1.82, 2.24) is 20.4 Å². The number of nitrogens with one attached hydrogen (secondary N) is 2. The van der Waals surface area contributed by atoms with Crippen LogP contribution in [0.15, 0.2) is 24.3 Å². The number of amides is 2. The van der Waals surface area contributed by atoms with E-state index in [1.807, 2.05) is 0 Å². The number of likely N-dealkylation sites (tertiary alicyclic amines) is 1. The third-order valence-corrected chi connectivity index (χ3v) is 5.12. The Hall–Kier alpha value is -2.32. The quantitative estimate of drug-likeness (QED) is 0.811. The Morgan fingerprint density at radius 1 is 1.08 bits per heavy atom. The maximum Gasteiger partial charge on any atom is 0.286 e. The van der Waals surface area contributed by atoms with E-state index in [-0.39, 0.29) is 11.8 Å². The first-order valence-corrected chi connectivity index (χ1v) is 9.65. The third-order valence-electron chi connectivity index (χ3n) is 4.29. The van der Waals surface area contributed by atoms with Crippen molar-refractivity contribution in [3.63, 3.8) is 0 Å². The molecule has 0 bridgehead atoms. The summed E-state index contributed by atoms with van der Waals surface area (Å²) in [4.78, 5) is 26.6. The van der Waals surface area contributed by atoms with E-state index in [1.54, 1.807) is 31.2 Å². The van der Waals surface area contributed by atoms with Gasteiger partial charge in [0.25, 0.3) is 11.8 Å². The van der Waals surface area contributed by atoms with Crippen molar-refractivity contribution >= 4 is 28.8 Å². The van der Waals surface area contributed by atoms with E-state index in [2.05, 4.69) is 25.7 Å². The van der Waals surface area contributed by atoms with Crippen LogP contribution < -0.4 is 10.6 Å². The lowest BCUT2D eigenvalue weighted by Crippen LogP contribution is -2.37. The summed E-state index contributed by atoms with van der Waals surface area (Å²) in [6.07, 6.45) is 3.81. The summed E-state index contributed by atoms with van der Waals surface area (Å²) in [5.41, 5.74) is 1.20. The van der Waals surface area contributed by atoms with E-state index in [0.717, 1.165) is 24.6 Å². The van der Waals surface area contributed by atoms with E-state index in [4.69, 9.17) is 0 Å². The minimum atomic E-state index is -0.297. The second-order valence-electron chi connectivity index (χ2n) is 6.32. The van der Waals surface area contributed by atoms with E-state index >= 15 is 0 Å². The standard InChI is InChI=1S/C18H23N5O2S/c1-13-21-22-18(26-13)17(25)20-15-7-5-14(6-8-15)16(24)19-9-12-23-10-3-2-4-11-23/h5-8H,2-4,9-12H2,1H3,(H,19,24)(H,20,25). The number of hydrogen-bond donors (Lipinski definition) is 2. The normalized spacial score (nSPS) is 14.8. The second kappa shape index (κ2) is 8.86. The molecule has 3 rings (SSSR count). The van der Waals surface area contributed by atoms with Gasteiger partial charge in [-0.2, -0.15) is 0 Å². The molecule has 2 aromatic rings. The Morgan fingerprint density at radius 3 is 2.46 bits per heavy atom. The number of nitrogens with zero attached hydrogens (tertiary/aromatic N) is 3. The fourth-order valence-electron chi connectivity index (χ4n) is 2.89. The van der Waals surface area contributed by atoms with Gasteiger partial charge in [-0.3, -0.25) is 9.59 Å². The number of anilines is 1. The lowest BCUT2D eigenvalue weighted by atomic mass is 10.1. The molecule has 0 unspecified atom stereocenters. The average molecular weight is 373 g/mol. The number of aromatic nitrogens is 2. The Balaban J connectivity index is 1.47. The first kappa shape index (κ1) is 18.5. The molecule has 1 saturated heterocycles. The molecule has 0 aliphatic carbocycles. The fourth-order valence-corrected chi connectivity index (χ4v) is 3.48. The van der Waals surface area contributed by atoms with Crippen molar-refractivity contribution in [2.75, 3.05) is 31.5 Å². The number of carbonyl (C=O) groups excluding carboxylic acids is 2. The topological polar surface area (TPSA) is 87.2 Å². The zero-order valence-corrected chi connectivity index (χ0v) is 15.6. The molecule has 2 heterocycles. The molecule has 7 nitrogen and oxygen atoms in total. The summed E-state index contributed by atoms with van der Waals surface area (Å²) in [6.45, 7) is 5.58. The average Bonchev–Trinajstić information content (AvgIpc) is 3.10. The Labute approximate surface area is 156 Å².